The molecule has 0 amide bonds. The minimum atomic E-state index is -1.59. The Morgan fingerprint density at radius 1 is 0.667 bits per heavy atom. The fraction of sp³-hybridized carbons (Fsp3) is 0.0323. The number of nitrogens with zero attached hydrogens (tertiary/aromatic N) is 2. The summed E-state index contributed by atoms with van der Waals surface area (Å²) in [5.41, 5.74) is 5.49. The summed E-state index contributed by atoms with van der Waals surface area (Å²) < 4.78 is 17.5. The number of para-hydroxylation sites is 4. The van der Waals surface area contributed by atoms with Crippen LogP contribution in [0.5, 0.6) is 17.2 Å². The van der Waals surface area contributed by atoms with Gasteiger partial charge in [0.25, 0.3) is 0 Å². The molecule has 39 heavy (non-hydrogen) atoms. The van der Waals surface area contributed by atoms with E-state index in [0.717, 1.165) is 17.1 Å². The third kappa shape index (κ3) is 10.7. The standard InChI is InChI=1S/C18H15O3P.C13H12N3.Pd/c1-4-10-16(11-5-1)19-22(20-17-12-6-2-7-13-17)21-18-14-8-3-9-15-18;1-11(13-9-5-6-10-14-13)15-16-12-7-3-2-4-8-12;/h1-15H;2-7,9-10,16H,1H3;/q;-1;+2/b;15-11+;. The van der Waals surface area contributed by atoms with Gasteiger partial charge in [0.2, 0.25) is 0 Å². The van der Waals surface area contributed by atoms with Crippen LogP contribution in [0.25, 0.3) is 0 Å². The first-order chi connectivity index (χ1) is 18.8. The zero-order chi connectivity index (χ0) is 26.3. The topological polar surface area (TPSA) is 65.0 Å². The average Bonchev–Trinajstić information content (AvgIpc) is 2.99. The van der Waals surface area contributed by atoms with Gasteiger partial charge in [-0.25, -0.2) is 0 Å². The van der Waals surface area contributed by atoms with Gasteiger partial charge in [0.1, 0.15) is 17.2 Å². The molecule has 8 heteroatoms. The second kappa shape index (κ2) is 16.8. The Kier molecular flexibility index (Phi) is 12.7. The van der Waals surface area contributed by atoms with Crippen molar-refractivity contribution in [1.82, 2.24) is 4.98 Å². The molecule has 0 atom stereocenters. The summed E-state index contributed by atoms with van der Waals surface area (Å²) in [5, 5.41) is 4.24. The van der Waals surface area contributed by atoms with Crippen molar-refractivity contribution in [1.29, 1.82) is 0 Å². The van der Waals surface area contributed by atoms with Crippen molar-refractivity contribution in [2.75, 3.05) is 5.43 Å². The molecule has 0 unspecified atom stereocenters. The first-order valence-electron chi connectivity index (χ1n) is 11.9. The molecule has 4 aromatic carbocycles. The van der Waals surface area contributed by atoms with Gasteiger partial charge in [-0.3, -0.25) is 4.98 Å². The molecule has 0 aliphatic carbocycles. The van der Waals surface area contributed by atoms with Crippen molar-refractivity contribution in [3.63, 3.8) is 0 Å². The maximum atomic E-state index is 5.84. The predicted molar refractivity (Wildman–Crippen MR) is 153 cm³/mol. The molecule has 0 spiro atoms. The number of pyridine rings is 1. The van der Waals surface area contributed by atoms with E-state index < -0.39 is 8.60 Å². The van der Waals surface area contributed by atoms with E-state index in [1.54, 1.807) is 6.20 Å². The predicted octanol–water partition coefficient (Wildman–Crippen LogP) is 8.17. The maximum Gasteiger partial charge on any atom is 2.00 e. The molecular weight excluding hydrogens is 600 g/mol. The monoisotopic (exact) mass is 626 g/mol. The summed E-state index contributed by atoms with van der Waals surface area (Å²) in [4.78, 5) is 4.21. The second-order valence-electron chi connectivity index (χ2n) is 7.74. The van der Waals surface area contributed by atoms with Gasteiger partial charge in [0.15, 0.2) is 0 Å². The summed E-state index contributed by atoms with van der Waals surface area (Å²) in [5.74, 6) is 2.13. The molecule has 5 aromatic rings. The van der Waals surface area contributed by atoms with E-state index in [9.17, 15) is 0 Å². The quantitative estimate of drug-likeness (QED) is 0.0588. The van der Waals surface area contributed by atoms with Crippen molar-refractivity contribution >= 4 is 20.0 Å². The number of aromatic nitrogens is 1. The van der Waals surface area contributed by atoms with E-state index in [1.165, 1.54) is 0 Å². The number of benzene rings is 4. The van der Waals surface area contributed by atoms with E-state index >= 15 is 0 Å². The van der Waals surface area contributed by atoms with E-state index in [-0.39, 0.29) is 20.4 Å². The zero-order valence-electron chi connectivity index (χ0n) is 21.2. The molecule has 5 rings (SSSR count). The van der Waals surface area contributed by atoms with Crippen LogP contribution < -0.4 is 19.0 Å². The van der Waals surface area contributed by atoms with Crippen molar-refractivity contribution in [2.45, 2.75) is 6.92 Å². The van der Waals surface area contributed by atoms with Gasteiger partial charge in [0.05, 0.1) is 11.4 Å². The Morgan fingerprint density at radius 2 is 1.15 bits per heavy atom. The fourth-order valence-corrected chi connectivity index (χ4v) is 3.99. The summed E-state index contributed by atoms with van der Waals surface area (Å²) in [6.45, 7) is 1.91. The fourth-order valence-electron chi connectivity index (χ4n) is 3.00. The SMILES string of the molecule is C/C(=N\Nc1[c-]cccc1)c1ccccn1.[Pd+2].c1ccc(OP(Oc2ccccc2)Oc2ccccc2)cc1. The van der Waals surface area contributed by atoms with Crippen LogP contribution in [0.15, 0.2) is 145 Å². The Morgan fingerprint density at radius 3 is 1.59 bits per heavy atom. The summed E-state index contributed by atoms with van der Waals surface area (Å²) in [6, 6.07) is 44.9. The van der Waals surface area contributed by atoms with Crippen LogP contribution in [-0.4, -0.2) is 10.7 Å². The molecule has 1 heterocycles. The molecule has 0 saturated carbocycles. The molecule has 0 fully saturated rings. The first kappa shape index (κ1) is 29.5. The van der Waals surface area contributed by atoms with Crippen LogP contribution in [-0.2, 0) is 20.4 Å². The van der Waals surface area contributed by atoms with Crippen molar-refractivity contribution in [3.05, 3.63) is 151 Å². The number of rotatable bonds is 9. The van der Waals surface area contributed by atoms with E-state index in [1.807, 2.05) is 140 Å². The number of hydrogen-bond acceptors (Lipinski definition) is 6. The Labute approximate surface area is 244 Å². The molecular formula is C31H27N3O3PPd+. The van der Waals surface area contributed by atoms with Gasteiger partial charge in [-0.2, -0.15) is 29.4 Å². The van der Waals surface area contributed by atoms with E-state index in [4.69, 9.17) is 13.6 Å². The van der Waals surface area contributed by atoms with E-state index in [0.29, 0.717) is 17.2 Å². The summed E-state index contributed by atoms with van der Waals surface area (Å²) >= 11 is 0. The molecule has 6 nitrogen and oxygen atoms in total. The molecule has 0 radical (unpaired) electrons. The van der Waals surface area contributed by atoms with Crippen LogP contribution in [0.3, 0.4) is 0 Å². The molecule has 0 bridgehead atoms. The first-order valence-corrected chi connectivity index (χ1v) is 13.0. The third-order valence-corrected chi connectivity index (χ3v) is 5.94. The van der Waals surface area contributed by atoms with Crippen LogP contribution in [0.1, 0.15) is 12.6 Å². The minimum absolute atomic E-state index is 0. The van der Waals surface area contributed by atoms with E-state index in [2.05, 4.69) is 21.6 Å². The average molecular weight is 627 g/mol. The van der Waals surface area contributed by atoms with Gasteiger partial charge in [-0.1, -0.05) is 66.4 Å². The largest absolute Gasteiger partial charge is 2.00 e. The second-order valence-corrected chi connectivity index (χ2v) is 8.73. The minimum Gasteiger partial charge on any atom is -0.409 e. The van der Waals surface area contributed by atoms with Gasteiger partial charge in [-0.15, -0.1) is 6.07 Å². The van der Waals surface area contributed by atoms with Crippen LogP contribution in [0.4, 0.5) is 5.69 Å². The molecule has 0 aliphatic heterocycles. The molecule has 1 N–H and O–H groups in total. The smallest absolute Gasteiger partial charge is 0.409 e. The summed E-state index contributed by atoms with van der Waals surface area (Å²) in [6.07, 6.45) is 1.75. The Hall–Kier alpha value is -4.01. The Balaban J connectivity index is 0.000000220. The van der Waals surface area contributed by atoms with Crippen molar-refractivity contribution < 1.29 is 34.0 Å². The number of anilines is 1. The van der Waals surface area contributed by atoms with Crippen LogP contribution in [0.2, 0.25) is 0 Å². The van der Waals surface area contributed by atoms with Gasteiger partial charge < -0.3 is 19.0 Å². The molecule has 0 aliphatic rings. The maximum absolute atomic E-state index is 5.84. The molecule has 1 aromatic heterocycles. The van der Waals surface area contributed by atoms with Crippen LogP contribution in [0, 0.1) is 6.07 Å². The van der Waals surface area contributed by atoms with Crippen molar-refractivity contribution in [2.24, 2.45) is 5.10 Å². The number of hydrogen-bond donors (Lipinski definition) is 1. The third-order valence-electron chi connectivity index (χ3n) is 4.86. The molecule has 0 saturated heterocycles. The normalized spacial score (nSPS) is 10.4. The van der Waals surface area contributed by atoms with Gasteiger partial charge in [0, 0.05) is 6.20 Å². The summed E-state index contributed by atoms with van der Waals surface area (Å²) in [7, 11) is -1.59. The van der Waals surface area contributed by atoms with Gasteiger partial charge in [-0.05, 0) is 55.5 Å². The van der Waals surface area contributed by atoms with Gasteiger partial charge >= 0.3 is 29.0 Å². The zero-order valence-corrected chi connectivity index (χ0v) is 23.6. The molecule has 198 valence electrons. The van der Waals surface area contributed by atoms with Crippen LogP contribution >= 0.6 is 8.60 Å². The number of nitrogens with one attached hydrogen (secondary N) is 1. The Bertz CT molecular complexity index is 1270. The number of hydrazone groups is 1. The van der Waals surface area contributed by atoms with Crippen molar-refractivity contribution in [3.8, 4) is 17.2 Å².